The normalized spacial score (nSPS) is 23.6. The first-order valence-corrected chi connectivity index (χ1v) is 7.05. The highest BCUT2D eigenvalue weighted by Gasteiger charge is 2.19. The Bertz CT molecular complexity index is 532. The summed E-state index contributed by atoms with van der Waals surface area (Å²) in [5.74, 6) is 0. The highest BCUT2D eigenvalue weighted by atomic mass is 15.0. The van der Waals surface area contributed by atoms with Gasteiger partial charge in [-0.15, -0.1) is 0 Å². The zero-order chi connectivity index (χ0) is 12.4. The minimum Gasteiger partial charge on any atom is -0.311 e. The highest BCUT2D eigenvalue weighted by Crippen LogP contribution is 2.20. The fraction of sp³-hybridized carbons (Fsp3) is 0.412. The molecule has 1 saturated heterocycles. The Balaban J connectivity index is 1.67. The number of hydrogen-bond donors (Lipinski definition) is 1. The predicted molar refractivity (Wildman–Crippen MR) is 77.9 cm³/mol. The quantitative estimate of drug-likeness (QED) is 0.856. The van der Waals surface area contributed by atoms with E-state index in [0.29, 0.717) is 6.04 Å². The van der Waals surface area contributed by atoms with Gasteiger partial charge in [-0.25, -0.2) is 0 Å². The van der Waals surface area contributed by atoms with Crippen LogP contribution in [0.5, 0.6) is 0 Å². The molecule has 1 heterocycles. The van der Waals surface area contributed by atoms with Gasteiger partial charge in [-0.05, 0) is 48.9 Å². The molecule has 0 aromatic heterocycles. The lowest BCUT2D eigenvalue weighted by molar-refractivity contribution is 0.527. The van der Waals surface area contributed by atoms with E-state index in [1.807, 2.05) is 0 Å². The van der Waals surface area contributed by atoms with E-state index in [2.05, 4.69) is 54.7 Å². The van der Waals surface area contributed by atoms with Crippen molar-refractivity contribution in [2.24, 2.45) is 0 Å². The topological polar surface area (TPSA) is 12.0 Å². The third kappa shape index (κ3) is 2.56. The minimum absolute atomic E-state index is 0.714. The predicted octanol–water partition coefficient (Wildman–Crippen LogP) is 3.91. The lowest BCUT2D eigenvalue weighted by atomic mass is 10.0. The maximum atomic E-state index is 3.66. The lowest BCUT2D eigenvalue weighted by Crippen LogP contribution is -2.27. The first-order valence-electron chi connectivity index (χ1n) is 7.05. The Morgan fingerprint density at radius 3 is 2.67 bits per heavy atom. The van der Waals surface area contributed by atoms with Crippen molar-refractivity contribution in [1.82, 2.24) is 5.32 Å². The second-order valence-corrected chi connectivity index (χ2v) is 5.56. The number of nitrogens with one attached hydrogen (secondary N) is 1. The molecular weight excluding hydrogens is 218 g/mol. The summed E-state index contributed by atoms with van der Waals surface area (Å²) in [6.07, 6.45) is 5.13. The second kappa shape index (κ2) is 5.11. The summed E-state index contributed by atoms with van der Waals surface area (Å²) in [7, 11) is 0. The molecule has 0 amide bonds. The van der Waals surface area contributed by atoms with Crippen molar-refractivity contribution < 1.29 is 0 Å². The molecule has 3 rings (SSSR count). The third-order valence-electron chi connectivity index (χ3n) is 4.06. The summed E-state index contributed by atoms with van der Waals surface area (Å²) in [6, 6.07) is 16.9. The van der Waals surface area contributed by atoms with Crippen molar-refractivity contribution >= 4 is 10.8 Å². The van der Waals surface area contributed by atoms with Gasteiger partial charge >= 0.3 is 0 Å². The molecule has 0 unspecified atom stereocenters. The van der Waals surface area contributed by atoms with Crippen LogP contribution in [0.4, 0.5) is 0 Å². The van der Waals surface area contributed by atoms with Crippen molar-refractivity contribution in [3.8, 4) is 0 Å². The number of aryl methyl sites for hydroxylation is 1. The van der Waals surface area contributed by atoms with E-state index >= 15 is 0 Å². The van der Waals surface area contributed by atoms with Crippen LogP contribution in [-0.4, -0.2) is 12.1 Å². The fourth-order valence-electron chi connectivity index (χ4n) is 2.98. The monoisotopic (exact) mass is 239 g/mol. The molecule has 0 bridgehead atoms. The molecule has 2 aromatic rings. The maximum absolute atomic E-state index is 3.66. The van der Waals surface area contributed by atoms with Gasteiger partial charge in [-0.1, -0.05) is 42.5 Å². The molecule has 1 aliphatic rings. The smallest absolute Gasteiger partial charge is 0.00732 e. The Kier molecular flexibility index (Phi) is 3.33. The van der Waals surface area contributed by atoms with Crippen LogP contribution in [0.2, 0.25) is 0 Å². The molecule has 94 valence electrons. The molecule has 2 atom stereocenters. The molecule has 0 radical (unpaired) electrons. The first kappa shape index (κ1) is 11.7. The molecule has 18 heavy (non-hydrogen) atoms. The van der Waals surface area contributed by atoms with Gasteiger partial charge in [0, 0.05) is 12.1 Å². The highest BCUT2D eigenvalue weighted by molar-refractivity contribution is 5.82. The number of fused-ring (bicyclic) bond motifs is 1. The Morgan fingerprint density at radius 1 is 1.06 bits per heavy atom. The average molecular weight is 239 g/mol. The zero-order valence-electron chi connectivity index (χ0n) is 11.0. The lowest BCUT2D eigenvalue weighted by Gasteiger charge is -2.11. The van der Waals surface area contributed by atoms with Crippen LogP contribution in [0.1, 0.15) is 31.7 Å². The van der Waals surface area contributed by atoms with Gasteiger partial charge in [0.2, 0.25) is 0 Å². The van der Waals surface area contributed by atoms with Crippen molar-refractivity contribution in [3.63, 3.8) is 0 Å². The van der Waals surface area contributed by atoms with E-state index in [1.165, 1.54) is 42.0 Å². The van der Waals surface area contributed by atoms with Crippen molar-refractivity contribution in [3.05, 3.63) is 48.0 Å². The zero-order valence-corrected chi connectivity index (χ0v) is 11.0. The Morgan fingerprint density at radius 2 is 1.89 bits per heavy atom. The largest absolute Gasteiger partial charge is 0.311 e. The van der Waals surface area contributed by atoms with Gasteiger partial charge in [0.05, 0.1) is 0 Å². The summed E-state index contributed by atoms with van der Waals surface area (Å²) in [4.78, 5) is 0. The fourth-order valence-corrected chi connectivity index (χ4v) is 2.98. The van der Waals surface area contributed by atoms with Crippen molar-refractivity contribution in [2.75, 3.05) is 0 Å². The standard InChI is InChI=1S/C17H21N/c1-13-6-10-17(18-13)11-8-14-7-9-15-4-2-3-5-16(15)12-14/h2-5,7,9,12-13,17-18H,6,8,10-11H2,1H3/t13-,17-/m1/s1. The van der Waals surface area contributed by atoms with Crippen LogP contribution in [0.15, 0.2) is 42.5 Å². The maximum Gasteiger partial charge on any atom is 0.00732 e. The van der Waals surface area contributed by atoms with E-state index in [0.717, 1.165) is 6.04 Å². The second-order valence-electron chi connectivity index (χ2n) is 5.56. The van der Waals surface area contributed by atoms with E-state index < -0.39 is 0 Å². The third-order valence-corrected chi connectivity index (χ3v) is 4.06. The van der Waals surface area contributed by atoms with E-state index in [9.17, 15) is 0 Å². The SMILES string of the molecule is C[C@@H]1CC[C@H](CCc2ccc3ccccc3c2)N1. The van der Waals surface area contributed by atoms with Crippen LogP contribution < -0.4 is 5.32 Å². The van der Waals surface area contributed by atoms with Gasteiger partial charge in [0.1, 0.15) is 0 Å². The summed E-state index contributed by atoms with van der Waals surface area (Å²) in [6.45, 7) is 2.29. The summed E-state index contributed by atoms with van der Waals surface area (Å²) in [5, 5.41) is 6.37. The summed E-state index contributed by atoms with van der Waals surface area (Å²) in [5.41, 5.74) is 1.47. The summed E-state index contributed by atoms with van der Waals surface area (Å²) >= 11 is 0. The van der Waals surface area contributed by atoms with Gasteiger partial charge in [0.15, 0.2) is 0 Å². The van der Waals surface area contributed by atoms with Crippen LogP contribution in [-0.2, 0) is 6.42 Å². The molecule has 1 N–H and O–H groups in total. The molecular formula is C17H21N. The van der Waals surface area contributed by atoms with E-state index in [4.69, 9.17) is 0 Å². The first-order chi connectivity index (χ1) is 8.81. The minimum atomic E-state index is 0.714. The number of rotatable bonds is 3. The van der Waals surface area contributed by atoms with Crippen LogP contribution in [0, 0.1) is 0 Å². The van der Waals surface area contributed by atoms with Gasteiger partial charge in [-0.2, -0.15) is 0 Å². The van der Waals surface area contributed by atoms with E-state index in [-0.39, 0.29) is 0 Å². The molecule has 0 spiro atoms. The molecule has 2 aromatic carbocycles. The van der Waals surface area contributed by atoms with Gasteiger partial charge in [0.25, 0.3) is 0 Å². The van der Waals surface area contributed by atoms with Crippen LogP contribution in [0.3, 0.4) is 0 Å². The molecule has 1 fully saturated rings. The Labute approximate surface area is 109 Å². The van der Waals surface area contributed by atoms with Crippen LogP contribution >= 0.6 is 0 Å². The molecule has 0 aliphatic carbocycles. The van der Waals surface area contributed by atoms with Crippen LogP contribution in [0.25, 0.3) is 10.8 Å². The van der Waals surface area contributed by atoms with E-state index in [1.54, 1.807) is 0 Å². The van der Waals surface area contributed by atoms with Gasteiger partial charge < -0.3 is 5.32 Å². The number of benzene rings is 2. The average Bonchev–Trinajstić information content (AvgIpc) is 2.82. The van der Waals surface area contributed by atoms with Gasteiger partial charge in [-0.3, -0.25) is 0 Å². The Hall–Kier alpha value is -1.34. The van der Waals surface area contributed by atoms with Crippen molar-refractivity contribution in [1.29, 1.82) is 0 Å². The summed E-state index contributed by atoms with van der Waals surface area (Å²) < 4.78 is 0. The number of hydrogen-bond acceptors (Lipinski definition) is 1. The molecule has 1 aliphatic heterocycles. The molecule has 0 saturated carbocycles. The molecule has 1 nitrogen and oxygen atoms in total. The van der Waals surface area contributed by atoms with Crippen molar-refractivity contribution in [2.45, 2.75) is 44.7 Å². The molecule has 1 heteroatoms.